The third-order valence-corrected chi connectivity index (χ3v) is 1.00. The van der Waals surface area contributed by atoms with E-state index < -0.39 is 6.10 Å². The van der Waals surface area contributed by atoms with E-state index in [0.29, 0.717) is 5.76 Å². The quantitative estimate of drug-likeness (QED) is 0.571. The van der Waals surface area contributed by atoms with Gasteiger partial charge in [0.25, 0.3) is 0 Å². The molecule has 0 unspecified atom stereocenters. The number of hydrogen-bond acceptors (Lipinski definition) is 4. The van der Waals surface area contributed by atoms with Crippen LogP contribution in [-0.4, -0.2) is 16.6 Å². The molecule has 0 saturated carbocycles. The summed E-state index contributed by atoms with van der Waals surface area (Å²) in [6.07, 6.45) is 1.98. The fourth-order valence-corrected chi connectivity index (χ4v) is 0.506. The minimum Gasteiger partial charge on any atom is -0.446 e. The third-order valence-electron chi connectivity index (χ3n) is 1.00. The maximum atomic E-state index is 8.96. The van der Waals surface area contributed by atoms with Crippen molar-refractivity contribution < 1.29 is 9.52 Å². The minimum absolute atomic E-state index is 0.162. The van der Waals surface area contributed by atoms with Crippen molar-refractivity contribution in [3.8, 4) is 0 Å². The van der Waals surface area contributed by atoms with Crippen molar-refractivity contribution in [2.45, 2.75) is 6.10 Å². The minimum atomic E-state index is -0.715. The first-order chi connectivity index (χ1) is 4.34. The van der Waals surface area contributed by atoms with Crippen LogP contribution in [0.5, 0.6) is 0 Å². The van der Waals surface area contributed by atoms with Gasteiger partial charge in [0.15, 0.2) is 12.2 Å². The fraction of sp³-hybridized carbons (Fsp3) is 0.400. The molecular formula is C5H8N2O2. The summed E-state index contributed by atoms with van der Waals surface area (Å²) in [5.74, 6) is 0.414. The van der Waals surface area contributed by atoms with Crippen LogP contribution in [0.1, 0.15) is 11.9 Å². The Morgan fingerprint density at radius 3 is 3.11 bits per heavy atom. The van der Waals surface area contributed by atoms with E-state index in [0.717, 1.165) is 0 Å². The topological polar surface area (TPSA) is 72.3 Å². The summed E-state index contributed by atoms with van der Waals surface area (Å²) in [6.45, 7) is 0.162. The van der Waals surface area contributed by atoms with E-state index in [1.807, 2.05) is 0 Å². The van der Waals surface area contributed by atoms with Gasteiger partial charge in [-0.1, -0.05) is 0 Å². The molecule has 0 aliphatic heterocycles. The summed E-state index contributed by atoms with van der Waals surface area (Å²) in [5, 5.41) is 8.96. The van der Waals surface area contributed by atoms with Crippen LogP contribution in [0.15, 0.2) is 17.0 Å². The van der Waals surface area contributed by atoms with Crippen LogP contribution in [0.25, 0.3) is 0 Å². The number of rotatable bonds is 2. The summed E-state index contributed by atoms with van der Waals surface area (Å²) < 4.78 is 4.75. The Bertz CT molecular complexity index is 161. The zero-order valence-corrected chi connectivity index (χ0v) is 4.82. The van der Waals surface area contributed by atoms with Crippen LogP contribution < -0.4 is 5.73 Å². The Balaban J connectivity index is 2.65. The molecule has 1 rings (SSSR count). The lowest BCUT2D eigenvalue weighted by Gasteiger charge is -1.99. The van der Waals surface area contributed by atoms with E-state index >= 15 is 0 Å². The van der Waals surface area contributed by atoms with Gasteiger partial charge in [0.2, 0.25) is 0 Å². The van der Waals surface area contributed by atoms with Crippen molar-refractivity contribution in [3.63, 3.8) is 0 Å². The second-order valence-corrected chi connectivity index (χ2v) is 1.66. The van der Waals surface area contributed by atoms with E-state index in [9.17, 15) is 0 Å². The molecular weight excluding hydrogens is 120 g/mol. The number of oxazole rings is 1. The highest BCUT2D eigenvalue weighted by molar-refractivity contribution is 4.93. The largest absolute Gasteiger partial charge is 0.446 e. The summed E-state index contributed by atoms with van der Waals surface area (Å²) >= 11 is 0. The molecule has 0 aliphatic carbocycles. The maximum Gasteiger partial charge on any atom is 0.180 e. The Labute approximate surface area is 52.3 Å². The molecule has 1 aromatic rings. The molecule has 0 aliphatic rings. The van der Waals surface area contributed by atoms with Crippen LogP contribution in [0.4, 0.5) is 0 Å². The fourth-order valence-electron chi connectivity index (χ4n) is 0.506. The molecule has 50 valence electrons. The van der Waals surface area contributed by atoms with Gasteiger partial charge in [0, 0.05) is 6.54 Å². The van der Waals surface area contributed by atoms with Crippen molar-refractivity contribution in [2.24, 2.45) is 5.73 Å². The van der Waals surface area contributed by atoms with E-state index in [4.69, 9.17) is 15.3 Å². The number of nitrogens with two attached hydrogens (primary N) is 1. The highest BCUT2D eigenvalue weighted by Gasteiger charge is 2.06. The molecule has 0 spiro atoms. The summed E-state index contributed by atoms with van der Waals surface area (Å²) in [7, 11) is 0. The molecule has 0 amide bonds. The molecule has 0 aromatic carbocycles. The number of hydrogen-bond donors (Lipinski definition) is 2. The average molecular weight is 128 g/mol. The van der Waals surface area contributed by atoms with Crippen LogP contribution in [0, 0.1) is 0 Å². The highest BCUT2D eigenvalue weighted by Crippen LogP contribution is 2.07. The van der Waals surface area contributed by atoms with Gasteiger partial charge < -0.3 is 15.3 Å². The zero-order valence-electron chi connectivity index (χ0n) is 4.82. The molecule has 0 saturated heterocycles. The number of aliphatic hydroxyl groups is 1. The third kappa shape index (κ3) is 1.28. The van der Waals surface area contributed by atoms with Gasteiger partial charge in [-0.3, -0.25) is 0 Å². The number of aliphatic hydroxyl groups excluding tert-OH is 1. The van der Waals surface area contributed by atoms with Crippen molar-refractivity contribution in [1.82, 2.24) is 4.98 Å². The second-order valence-electron chi connectivity index (χ2n) is 1.66. The Hall–Kier alpha value is -0.870. The average Bonchev–Trinajstić information content (AvgIpc) is 2.37. The predicted octanol–water partition coefficient (Wildman–Crippen LogP) is -0.333. The van der Waals surface area contributed by atoms with Gasteiger partial charge in [0.05, 0.1) is 6.20 Å². The van der Waals surface area contributed by atoms with Crippen molar-refractivity contribution in [2.75, 3.05) is 6.54 Å². The van der Waals surface area contributed by atoms with Gasteiger partial charge >= 0.3 is 0 Å². The summed E-state index contributed by atoms with van der Waals surface area (Å²) in [4.78, 5) is 3.61. The summed E-state index contributed by atoms with van der Waals surface area (Å²) in [6, 6.07) is 0. The van der Waals surface area contributed by atoms with Crippen LogP contribution in [0.3, 0.4) is 0 Å². The first-order valence-corrected chi connectivity index (χ1v) is 2.61. The van der Waals surface area contributed by atoms with Crippen LogP contribution >= 0.6 is 0 Å². The second kappa shape index (κ2) is 2.61. The number of nitrogens with zero attached hydrogens (tertiary/aromatic N) is 1. The molecule has 1 atom stereocenters. The van der Waals surface area contributed by atoms with Gasteiger partial charge in [-0.2, -0.15) is 0 Å². The van der Waals surface area contributed by atoms with Crippen molar-refractivity contribution in [3.05, 3.63) is 18.4 Å². The molecule has 9 heavy (non-hydrogen) atoms. The smallest absolute Gasteiger partial charge is 0.180 e. The van der Waals surface area contributed by atoms with Crippen LogP contribution in [-0.2, 0) is 0 Å². The van der Waals surface area contributed by atoms with E-state index in [-0.39, 0.29) is 6.54 Å². The maximum absolute atomic E-state index is 8.96. The lowest BCUT2D eigenvalue weighted by atomic mass is 10.3. The normalized spacial score (nSPS) is 13.6. The molecule has 1 heterocycles. The van der Waals surface area contributed by atoms with Crippen molar-refractivity contribution in [1.29, 1.82) is 0 Å². The van der Waals surface area contributed by atoms with Gasteiger partial charge in [-0.05, 0) is 0 Å². The SMILES string of the molecule is NC[C@H](O)c1cnco1. The van der Waals surface area contributed by atoms with Crippen LogP contribution in [0.2, 0.25) is 0 Å². The number of aromatic nitrogens is 1. The molecule has 3 N–H and O–H groups in total. The molecule has 0 fully saturated rings. The highest BCUT2D eigenvalue weighted by atomic mass is 16.4. The van der Waals surface area contributed by atoms with E-state index in [1.54, 1.807) is 0 Å². The predicted molar refractivity (Wildman–Crippen MR) is 30.5 cm³/mol. The zero-order chi connectivity index (χ0) is 6.69. The standard InChI is InChI=1S/C5H8N2O2/c6-1-4(8)5-2-7-3-9-5/h2-4,8H,1,6H2/t4-/m0/s1. The molecule has 0 radical (unpaired) electrons. The van der Waals surface area contributed by atoms with E-state index in [1.165, 1.54) is 12.6 Å². The first kappa shape index (κ1) is 6.25. The Morgan fingerprint density at radius 1 is 1.89 bits per heavy atom. The van der Waals surface area contributed by atoms with Gasteiger partial charge in [0.1, 0.15) is 6.10 Å². The monoisotopic (exact) mass is 128 g/mol. The molecule has 4 nitrogen and oxygen atoms in total. The molecule has 0 bridgehead atoms. The Morgan fingerprint density at radius 2 is 2.67 bits per heavy atom. The Kier molecular flexibility index (Phi) is 1.81. The first-order valence-electron chi connectivity index (χ1n) is 2.61. The molecule has 1 aromatic heterocycles. The lowest BCUT2D eigenvalue weighted by Crippen LogP contribution is -2.10. The lowest BCUT2D eigenvalue weighted by molar-refractivity contribution is 0.158. The summed E-state index contributed by atoms with van der Waals surface area (Å²) in [5.41, 5.74) is 5.13. The van der Waals surface area contributed by atoms with Crippen molar-refractivity contribution >= 4 is 0 Å². The molecule has 4 heteroatoms. The van der Waals surface area contributed by atoms with E-state index in [2.05, 4.69) is 4.98 Å². The van der Waals surface area contributed by atoms with Gasteiger partial charge in [-0.25, -0.2) is 4.98 Å². The van der Waals surface area contributed by atoms with Gasteiger partial charge in [-0.15, -0.1) is 0 Å².